The van der Waals surface area contributed by atoms with E-state index in [-0.39, 0.29) is 35.1 Å². The maximum Gasteiger partial charge on any atom is 0.271 e. The van der Waals surface area contributed by atoms with Gasteiger partial charge in [0, 0.05) is 30.2 Å². The molecule has 0 aliphatic rings. The number of halogens is 1. The summed E-state index contributed by atoms with van der Waals surface area (Å²) >= 11 is 6.02. The van der Waals surface area contributed by atoms with Gasteiger partial charge in [0.15, 0.2) is 0 Å². The molecule has 0 saturated heterocycles. The molecule has 0 saturated carbocycles. The van der Waals surface area contributed by atoms with E-state index in [0.717, 1.165) is 10.4 Å². The Kier molecular flexibility index (Phi) is 10.6. The predicted octanol–water partition coefficient (Wildman–Crippen LogP) is 4.78. The summed E-state index contributed by atoms with van der Waals surface area (Å²) in [6.07, 6.45) is 0.973. The van der Waals surface area contributed by atoms with Crippen molar-refractivity contribution in [3.8, 4) is 0 Å². The van der Waals surface area contributed by atoms with Gasteiger partial charge < -0.3 is 10.2 Å². The number of anilines is 1. The third-order valence-electron chi connectivity index (χ3n) is 6.14. The molecular formula is C28H31ClN4O6S. The summed E-state index contributed by atoms with van der Waals surface area (Å²) in [5, 5.41) is 14.8. The Balaban J connectivity index is 2.07. The topological polar surface area (TPSA) is 130 Å². The number of nitro benzene ring substituents is 1. The van der Waals surface area contributed by atoms with Gasteiger partial charge in [-0.15, -0.1) is 0 Å². The van der Waals surface area contributed by atoms with Crippen LogP contribution in [-0.2, 0) is 26.2 Å². The standard InChI is InChI=1S/C28H31ClN4O6S/c1-3-17-30-28(35)26(4-2)31(19-21-13-15-22(29)16-14-21)27(34)20-32(23-9-8-10-24(18-23)33(36)37)40(38,39)25-11-6-5-7-12-25/h5-16,18,26H,3-4,17,19-20H2,1-2H3,(H,30,35)/t26-/m1/s1. The monoisotopic (exact) mass is 586 g/mol. The van der Waals surface area contributed by atoms with Crippen molar-refractivity contribution < 1.29 is 22.9 Å². The summed E-state index contributed by atoms with van der Waals surface area (Å²) in [6.45, 7) is 3.41. The Morgan fingerprint density at radius 1 is 1.00 bits per heavy atom. The Morgan fingerprint density at radius 3 is 2.27 bits per heavy atom. The van der Waals surface area contributed by atoms with Gasteiger partial charge in [-0.2, -0.15) is 0 Å². The lowest BCUT2D eigenvalue weighted by atomic mass is 10.1. The van der Waals surface area contributed by atoms with Crippen molar-refractivity contribution in [3.63, 3.8) is 0 Å². The SMILES string of the molecule is CCCNC(=O)[C@@H](CC)N(Cc1ccc(Cl)cc1)C(=O)CN(c1cccc([N+](=O)[O-])c1)S(=O)(=O)c1ccccc1. The average Bonchev–Trinajstić information content (AvgIpc) is 2.96. The van der Waals surface area contributed by atoms with Crippen LogP contribution in [0.3, 0.4) is 0 Å². The van der Waals surface area contributed by atoms with Crippen LogP contribution in [0, 0.1) is 10.1 Å². The van der Waals surface area contributed by atoms with E-state index >= 15 is 0 Å². The first-order valence-corrected chi connectivity index (χ1v) is 14.5. The molecule has 1 atom stereocenters. The zero-order valence-corrected chi connectivity index (χ0v) is 23.8. The number of sulfonamides is 1. The predicted molar refractivity (Wildman–Crippen MR) is 153 cm³/mol. The van der Waals surface area contributed by atoms with Gasteiger partial charge in [-0.3, -0.25) is 24.0 Å². The number of non-ortho nitro benzene ring substituents is 1. The smallest absolute Gasteiger partial charge is 0.271 e. The van der Waals surface area contributed by atoms with Crippen LogP contribution in [0.5, 0.6) is 0 Å². The van der Waals surface area contributed by atoms with E-state index in [9.17, 15) is 28.1 Å². The second-order valence-corrected chi connectivity index (χ2v) is 11.3. The molecule has 12 heteroatoms. The summed E-state index contributed by atoms with van der Waals surface area (Å²) in [7, 11) is -4.33. The average molecular weight is 587 g/mol. The van der Waals surface area contributed by atoms with Crippen molar-refractivity contribution in [2.24, 2.45) is 0 Å². The molecule has 0 aliphatic carbocycles. The van der Waals surface area contributed by atoms with Crippen molar-refractivity contribution in [1.82, 2.24) is 10.2 Å². The number of nitrogens with one attached hydrogen (secondary N) is 1. The number of carbonyl (C=O) groups is 2. The molecular weight excluding hydrogens is 556 g/mol. The molecule has 0 bridgehead atoms. The van der Waals surface area contributed by atoms with Gasteiger partial charge in [0.1, 0.15) is 12.6 Å². The third-order valence-corrected chi connectivity index (χ3v) is 8.18. The summed E-state index contributed by atoms with van der Waals surface area (Å²) in [6, 6.07) is 18.4. The van der Waals surface area contributed by atoms with Crippen LogP contribution in [0.15, 0.2) is 83.8 Å². The molecule has 0 spiro atoms. The van der Waals surface area contributed by atoms with Gasteiger partial charge in [-0.1, -0.05) is 61.8 Å². The Morgan fingerprint density at radius 2 is 1.68 bits per heavy atom. The lowest BCUT2D eigenvalue weighted by Gasteiger charge is -2.33. The fourth-order valence-electron chi connectivity index (χ4n) is 4.08. The first-order chi connectivity index (χ1) is 19.1. The molecule has 3 rings (SSSR count). The molecule has 1 N–H and O–H groups in total. The number of benzene rings is 3. The molecule has 3 aromatic rings. The molecule has 10 nitrogen and oxygen atoms in total. The van der Waals surface area contributed by atoms with Gasteiger partial charge in [0.05, 0.1) is 15.5 Å². The normalized spacial score (nSPS) is 11.9. The highest BCUT2D eigenvalue weighted by Crippen LogP contribution is 2.28. The van der Waals surface area contributed by atoms with E-state index in [2.05, 4.69) is 5.32 Å². The fraction of sp³-hybridized carbons (Fsp3) is 0.286. The molecule has 0 aliphatic heterocycles. The summed E-state index contributed by atoms with van der Waals surface area (Å²) in [4.78, 5) is 39.1. The molecule has 212 valence electrons. The number of hydrogen-bond donors (Lipinski definition) is 1. The molecule has 0 fully saturated rings. The van der Waals surface area contributed by atoms with E-state index in [1.54, 1.807) is 49.4 Å². The highest BCUT2D eigenvalue weighted by molar-refractivity contribution is 7.92. The molecule has 2 amide bonds. The third kappa shape index (κ3) is 7.57. The van der Waals surface area contributed by atoms with Crippen LogP contribution in [0.1, 0.15) is 32.3 Å². The van der Waals surface area contributed by atoms with Crippen molar-refractivity contribution >= 4 is 44.8 Å². The number of hydrogen-bond acceptors (Lipinski definition) is 6. The van der Waals surface area contributed by atoms with E-state index in [1.165, 1.54) is 35.2 Å². The van der Waals surface area contributed by atoms with E-state index in [4.69, 9.17) is 11.6 Å². The van der Waals surface area contributed by atoms with Crippen LogP contribution in [0.4, 0.5) is 11.4 Å². The van der Waals surface area contributed by atoms with Crippen LogP contribution < -0.4 is 9.62 Å². The minimum atomic E-state index is -4.33. The number of carbonyl (C=O) groups excluding carboxylic acids is 2. The van der Waals surface area contributed by atoms with E-state index < -0.39 is 33.4 Å². The number of nitro groups is 1. The molecule has 0 heterocycles. The Hall–Kier alpha value is -3.96. The Bertz CT molecular complexity index is 1430. The zero-order chi connectivity index (χ0) is 29.3. The van der Waals surface area contributed by atoms with Gasteiger partial charge >= 0.3 is 0 Å². The van der Waals surface area contributed by atoms with Crippen LogP contribution >= 0.6 is 11.6 Å². The number of nitrogens with zero attached hydrogens (tertiary/aromatic N) is 3. The molecule has 0 unspecified atom stereocenters. The lowest BCUT2D eigenvalue weighted by Crippen LogP contribution is -2.52. The molecule has 0 aromatic heterocycles. The largest absolute Gasteiger partial charge is 0.354 e. The van der Waals surface area contributed by atoms with Gasteiger partial charge in [-0.05, 0) is 48.7 Å². The highest BCUT2D eigenvalue weighted by Gasteiger charge is 2.34. The van der Waals surface area contributed by atoms with Crippen LogP contribution in [0.2, 0.25) is 5.02 Å². The summed E-state index contributed by atoms with van der Waals surface area (Å²) in [5.74, 6) is -1.01. The maximum atomic E-state index is 14.0. The summed E-state index contributed by atoms with van der Waals surface area (Å²) < 4.78 is 28.4. The summed E-state index contributed by atoms with van der Waals surface area (Å²) in [5.41, 5.74) is 0.301. The highest BCUT2D eigenvalue weighted by atomic mass is 35.5. The van der Waals surface area contributed by atoms with Crippen molar-refractivity contribution in [2.75, 3.05) is 17.4 Å². The number of rotatable bonds is 13. The van der Waals surface area contributed by atoms with E-state index in [1.807, 2.05) is 6.92 Å². The van der Waals surface area contributed by atoms with Gasteiger partial charge in [-0.25, -0.2) is 8.42 Å². The van der Waals surface area contributed by atoms with Gasteiger partial charge in [0.25, 0.3) is 15.7 Å². The molecule has 40 heavy (non-hydrogen) atoms. The first-order valence-electron chi connectivity index (χ1n) is 12.7. The minimum Gasteiger partial charge on any atom is -0.354 e. The minimum absolute atomic E-state index is 0.0161. The second-order valence-electron chi connectivity index (χ2n) is 8.96. The van der Waals surface area contributed by atoms with Gasteiger partial charge in [0.2, 0.25) is 11.8 Å². The van der Waals surface area contributed by atoms with Crippen molar-refractivity contribution in [1.29, 1.82) is 0 Å². The molecule has 3 aromatic carbocycles. The Labute approximate surface area is 238 Å². The number of amides is 2. The molecule has 0 radical (unpaired) electrons. The first kappa shape index (κ1) is 30.6. The maximum absolute atomic E-state index is 14.0. The van der Waals surface area contributed by atoms with Crippen LogP contribution in [-0.4, -0.2) is 49.2 Å². The fourth-order valence-corrected chi connectivity index (χ4v) is 5.64. The van der Waals surface area contributed by atoms with Crippen molar-refractivity contribution in [2.45, 2.75) is 44.2 Å². The van der Waals surface area contributed by atoms with Crippen LogP contribution in [0.25, 0.3) is 0 Å². The quantitative estimate of drug-likeness (QED) is 0.227. The second kappa shape index (κ2) is 13.9. The van der Waals surface area contributed by atoms with E-state index in [0.29, 0.717) is 23.6 Å². The lowest BCUT2D eigenvalue weighted by molar-refractivity contribution is -0.384. The van der Waals surface area contributed by atoms with Crippen molar-refractivity contribution in [3.05, 3.63) is 99.6 Å². The zero-order valence-electron chi connectivity index (χ0n) is 22.2.